The SMILES string of the molecule is CCCCCCC(O)CNS(=O)(=O)c1ccc(C)cc1. The molecule has 1 rings (SSSR count). The third-order valence-corrected chi connectivity index (χ3v) is 4.67. The molecule has 0 bridgehead atoms. The average molecular weight is 299 g/mol. The maximum absolute atomic E-state index is 12.0. The fraction of sp³-hybridized carbons (Fsp3) is 0.600. The predicted molar refractivity (Wildman–Crippen MR) is 81.1 cm³/mol. The fourth-order valence-corrected chi connectivity index (χ4v) is 2.99. The number of hydrogen-bond acceptors (Lipinski definition) is 3. The number of sulfonamides is 1. The Morgan fingerprint density at radius 1 is 1.15 bits per heavy atom. The Balaban J connectivity index is 2.41. The minimum absolute atomic E-state index is 0.0718. The normalized spacial score (nSPS) is 13.3. The summed E-state index contributed by atoms with van der Waals surface area (Å²) in [7, 11) is -3.52. The van der Waals surface area contributed by atoms with Crippen molar-refractivity contribution < 1.29 is 13.5 Å². The zero-order valence-electron chi connectivity index (χ0n) is 12.3. The lowest BCUT2D eigenvalue weighted by atomic mass is 10.1. The highest BCUT2D eigenvalue weighted by Crippen LogP contribution is 2.10. The van der Waals surface area contributed by atoms with Crippen molar-refractivity contribution in [3.63, 3.8) is 0 Å². The van der Waals surface area contributed by atoms with Crippen LogP contribution in [0.5, 0.6) is 0 Å². The lowest BCUT2D eigenvalue weighted by molar-refractivity contribution is 0.164. The summed E-state index contributed by atoms with van der Waals surface area (Å²) in [5.74, 6) is 0. The molecule has 0 spiro atoms. The highest BCUT2D eigenvalue weighted by Gasteiger charge is 2.15. The second-order valence-corrected chi connectivity index (χ2v) is 6.94. The molecule has 0 aromatic heterocycles. The van der Waals surface area contributed by atoms with Crippen molar-refractivity contribution in [1.29, 1.82) is 0 Å². The van der Waals surface area contributed by atoms with Gasteiger partial charge >= 0.3 is 0 Å². The average Bonchev–Trinajstić information content (AvgIpc) is 2.42. The second-order valence-electron chi connectivity index (χ2n) is 5.17. The van der Waals surface area contributed by atoms with Crippen LogP contribution in [-0.2, 0) is 10.0 Å². The van der Waals surface area contributed by atoms with Crippen LogP contribution in [0.2, 0.25) is 0 Å². The first kappa shape index (κ1) is 17.1. The molecule has 0 aliphatic rings. The zero-order valence-corrected chi connectivity index (χ0v) is 13.1. The van der Waals surface area contributed by atoms with Crippen molar-refractivity contribution in [2.45, 2.75) is 57.0 Å². The van der Waals surface area contributed by atoms with E-state index in [9.17, 15) is 13.5 Å². The lowest BCUT2D eigenvalue weighted by Crippen LogP contribution is -2.32. The van der Waals surface area contributed by atoms with Crippen LogP contribution in [-0.4, -0.2) is 26.2 Å². The van der Waals surface area contributed by atoms with Crippen molar-refractivity contribution >= 4 is 10.0 Å². The Labute approximate surface area is 122 Å². The number of unbranched alkanes of at least 4 members (excludes halogenated alkanes) is 3. The van der Waals surface area contributed by atoms with E-state index >= 15 is 0 Å². The van der Waals surface area contributed by atoms with Gasteiger partial charge in [-0.1, -0.05) is 50.3 Å². The van der Waals surface area contributed by atoms with Crippen LogP contribution in [0.25, 0.3) is 0 Å². The third kappa shape index (κ3) is 6.03. The molecule has 0 amide bonds. The largest absolute Gasteiger partial charge is 0.392 e. The summed E-state index contributed by atoms with van der Waals surface area (Å²) in [6.45, 7) is 4.11. The number of nitrogens with one attached hydrogen (secondary N) is 1. The molecule has 20 heavy (non-hydrogen) atoms. The Morgan fingerprint density at radius 2 is 1.80 bits per heavy atom. The molecule has 5 heteroatoms. The summed E-state index contributed by atoms with van der Waals surface area (Å²) >= 11 is 0. The van der Waals surface area contributed by atoms with Gasteiger partial charge in [0.15, 0.2) is 0 Å². The van der Waals surface area contributed by atoms with Crippen molar-refractivity contribution in [2.75, 3.05) is 6.54 Å². The van der Waals surface area contributed by atoms with E-state index in [1.54, 1.807) is 24.3 Å². The van der Waals surface area contributed by atoms with Crippen LogP contribution in [0.3, 0.4) is 0 Å². The Morgan fingerprint density at radius 3 is 2.40 bits per heavy atom. The number of aryl methyl sites for hydroxylation is 1. The highest BCUT2D eigenvalue weighted by molar-refractivity contribution is 7.89. The minimum Gasteiger partial charge on any atom is -0.392 e. The molecular weight excluding hydrogens is 274 g/mol. The van der Waals surface area contributed by atoms with Crippen LogP contribution in [0.15, 0.2) is 29.2 Å². The molecule has 0 fully saturated rings. The van der Waals surface area contributed by atoms with Gasteiger partial charge in [-0.05, 0) is 25.5 Å². The Kier molecular flexibility index (Phi) is 7.19. The summed E-state index contributed by atoms with van der Waals surface area (Å²) in [5, 5.41) is 9.78. The van der Waals surface area contributed by atoms with Gasteiger partial charge in [0.2, 0.25) is 10.0 Å². The standard InChI is InChI=1S/C15H25NO3S/c1-3-4-5-6-7-14(17)12-16-20(18,19)15-10-8-13(2)9-11-15/h8-11,14,16-17H,3-7,12H2,1-2H3. The van der Waals surface area contributed by atoms with Crippen LogP contribution < -0.4 is 4.72 Å². The summed E-state index contributed by atoms with van der Waals surface area (Å²) in [5.41, 5.74) is 1.01. The van der Waals surface area contributed by atoms with Gasteiger partial charge in [0.05, 0.1) is 11.0 Å². The maximum atomic E-state index is 12.0. The number of hydrogen-bond donors (Lipinski definition) is 2. The van der Waals surface area contributed by atoms with Gasteiger partial charge in [0, 0.05) is 6.54 Å². The van der Waals surface area contributed by atoms with Gasteiger partial charge < -0.3 is 5.11 Å². The molecular formula is C15H25NO3S. The summed E-state index contributed by atoms with van der Waals surface area (Å²) in [4.78, 5) is 0.237. The van der Waals surface area contributed by atoms with Crippen molar-refractivity contribution in [1.82, 2.24) is 4.72 Å². The molecule has 4 nitrogen and oxygen atoms in total. The van der Waals surface area contributed by atoms with Gasteiger partial charge in [-0.2, -0.15) is 0 Å². The summed E-state index contributed by atoms with van der Waals surface area (Å²) in [6, 6.07) is 6.67. The molecule has 0 saturated carbocycles. The van der Waals surface area contributed by atoms with E-state index in [0.29, 0.717) is 6.42 Å². The number of aliphatic hydroxyl groups excluding tert-OH is 1. The van der Waals surface area contributed by atoms with E-state index in [1.165, 1.54) is 0 Å². The number of rotatable bonds is 9. The molecule has 1 unspecified atom stereocenters. The monoisotopic (exact) mass is 299 g/mol. The second kappa shape index (κ2) is 8.39. The molecule has 2 N–H and O–H groups in total. The molecule has 0 heterocycles. The molecule has 0 aliphatic carbocycles. The van der Waals surface area contributed by atoms with Crippen molar-refractivity contribution in [2.24, 2.45) is 0 Å². The lowest BCUT2D eigenvalue weighted by Gasteiger charge is -2.12. The number of aliphatic hydroxyl groups is 1. The zero-order chi connectivity index (χ0) is 15.0. The van der Waals surface area contributed by atoms with Crippen LogP contribution in [0, 0.1) is 6.92 Å². The van der Waals surface area contributed by atoms with Gasteiger partial charge in [-0.3, -0.25) is 0 Å². The van der Waals surface area contributed by atoms with Gasteiger partial charge in [-0.15, -0.1) is 0 Å². The minimum atomic E-state index is -3.52. The first-order valence-corrected chi connectivity index (χ1v) is 8.68. The topological polar surface area (TPSA) is 66.4 Å². The third-order valence-electron chi connectivity index (χ3n) is 3.23. The molecule has 0 aliphatic heterocycles. The van der Waals surface area contributed by atoms with Crippen molar-refractivity contribution in [3.8, 4) is 0 Å². The first-order valence-electron chi connectivity index (χ1n) is 7.20. The van der Waals surface area contributed by atoms with E-state index in [0.717, 1.165) is 31.2 Å². The molecule has 1 aromatic carbocycles. The predicted octanol–water partition coefficient (Wildman–Crippen LogP) is 2.60. The van der Waals surface area contributed by atoms with Gasteiger partial charge in [-0.25, -0.2) is 13.1 Å². The van der Waals surface area contributed by atoms with Crippen LogP contribution in [0.1, 0.15) is 44.6 Å². The molecule has 0 saturated heterocycles. The molecule has 0 radical (unpaired) electrons. The maximum Gasteiger partial charge on any atom is 0.240 e. The fourth-order valence-electron chi connectivity index (χ4n) is 1.92. The van der Waals surface area contributed by atoms with E-state index in [4.69, 9.17) is 0 Å². The van der Waals surface area contributed by atoms with E-state index in [1.807, 2.05) is 6.92 Å². The Hall–Kier alpha value is -0.910. The molecule has 1 aromatic rings. The smallest absolute Gasteiger partial charge is 0.240 e. The van der Waals surface area contributed by atoms with Crippen LogP contribution >= 0.6 is 0 Å². The van der Waals surface area contributed by atoms with E-state index < -0.39 is 16.1 Å². The van der Waals surface area contributed by atoms with E-state index in [2.05, 4.69) is 11.6 Å². The summed E-state index contributed by atoms with van der Waals surface area (Å²) < 4.78 is 26.5. The Bertz CT molecular complexity index is 482. The molecule has 114 valence electrons. The van der Waals surface area contributed by atoms with E-state index in [-0.39, 0.29) is 11.4 Å². The highest BCUT2D eigenvalue weighted by atomic mass is 32.2. The molecule has 1 atom stereocenters. The quantitative estimate of drug-likeness (QED) is 0.689. The number of benzene rings is 1. The van der Waals surface area contributed by atoms with Gasteiger partial charge in [0.1, 0.15) is 0 Å². The van der Waals surface area contributed by atoms with Crippen molar-refractivity contribution in [3.05, 3.63) is 29.8 Å². The summed E-state index contributed by atoms with van der Waals surface area (Å²) in [6.07, 6.45) is 4.33. The van der Waals surface area contributed by atoms with Gasteiger partial charge in [0.25, 0.3) is 0 Å². The van der Waals surface area contributed by atoms with Crippen LogP contribution in [0.4, 0.5) is 0 Å². The first-order chi connectivity index (χ1) is 9.45.